The molecule has 0 bridgehead atoms. The molecule has 1 heteroatoms. The highest BCUT2D eigenvalue weighted by atomic mass is 16.1. The second kappa shape index (κ2) is 5.18. The van der Waals surface area contributed by atoms with Crippen LogP contribution in [0.2, 0.25) is 0 Å². The quantitative estimate of drug-likeness (QED) is 0.786. The molecule has 0 fully saturated rings. The Kier molecular flexibility index (Phi) is 3.61. The van der Waals surface area contributed by atoms with Gasteiger partial charge >= 0.3 is 0 Å². The number of aryl methyl sites for hydroxylation is 2. The molecule has 1 nitrogen and oxygen atoms in total. The van der Waals surface area contributed by atoms with Crippen molar-refractivity contribution in [2.24, 2.45) is 0 Å². The van der Waals surface area contributed by atoms with E-state index in [0.717, 1.165) is 5.56 Å². The highest BCUT2D eigenvalue weighted by Crippen LogP contribution is 2.22. The van der Waals surface area contributed by atoms with Crippen molar-refractivity contribution in [1.82, 2.24) is 0 Å². The van der Waals surface area contributed by atoms with Crippen LogP contribution in [0.5, 0.6) is 0 Å². The predicted molar refractivity (Wildman–Crippen MR) is 75.7 cm³/mol. The first kappa shape index (κ1) is 12.6. The van der Waals surface area contributed by atoms with Crippen molar-refractivity contribution in [3.8, 4) is 11.1 Å². The lowest BCUT2D eigenvalue weighted by Crippen LogP contribution is -1.95. The first-order valence-electron chi connectivity index (χ1n) is 6.21. The molecule has 0 spiro atoms. The molecule has 18 heavy (non-hydrogen) atoms. The summed E-state index contributed by atoms with van der Waals surface area (Å²) in [6.07, 6.45) is 0.521. The Labute approximate surface area is 108 Å². The molecule has 0 aromatic heterocycles. The maximum absolute atomic E-state index is 11.1. The van der Waals surface area contributed by atoms with Gasteiger partial charge in [-0.1, -0.05) is 53.6 Å². The summed E-state index contributed by atoms with van der Waals surface area (Å²) in [5.41, 5.74) is 6.07. The minimum atomic E-state index is 0.203. The van der Waals surface area contributed by atoms with Crippen LogP contribution in [-0.2, 0) is 11.2 Å². The van der Waals surface area contributed by atoms with Crippen LogP contribution in [0.1, 0.15) is 23.6 Å². The van der Waals surface area contributed by atoms with Gasteiger partial charge in [-0.25, -0.2) is 0 Å². The maximum atomic E-state index is 11.1. The zero-order chi connectivity index (χ0) is 13.1. The fourth-order valence-corrected chi connectivity index (χ4v) is 2.24. The Morgan fingerprint density at radius 1 is 0.889 bits per heavy atom. The zero-order valence-corrected chi connectivity index (χ0v) is 11.2. The molecule has 0 aliphatic rings. The summed E-state index contributed by atoms with van der Waals surface area (Å²) in [7, 11) is 0. The molecule has 2 aromatic carbocycles. The third kappa shape index (κ3) is 3.07. The maximum Gasteiger partial charge on any atom is 0.134 e. The van der Waals surface area contributed by atoms with Crippen LogP contribution in [-0.4, -0.2) is 5.78 Å². The molecule has 0 amide bonds. The smallest absolute Gasteiger partial charge is 0.134 e. The zero-order valence-electron chi connectivity index (χ0n) is 11.2. The Morgan fingerprint density at radius 2 is 1.44 bits per heavy atom. The SMILES string of the molecule is CC(=O)Cc1ccc(-c2cc(C)cc(C)c2)cc1. The van der Waals surface area contributed by atoms with Gasteiger partial charge in [0.15, 0.2) is 0 Å². The highest BCUT2D eigenvalue weighted by Gasteiger charge is 2.01. The fourth-order valence-electron chi connectivity index (χ4n) is 2.24. The van der Waals surface area contributed by atoms with Crippen molar-refractivity contribution in [2.75, 3.05) is 0 Å². The molecular formula is C17H18O. The molecule has 0 saturated heterocycles. The van der Waals surface area contributed by atoms with Gasteiger partial charge in [-0.2, -0.15) is 0 Å². The topological polar surface area (TPSA) is 17.1 Å². The number of ketones is 1. The Hall–Kier alpha value is -1.89. The largest absolute Gasteiger partial charge is 0.300 e. The molecule has 92 valence electrons. The number of carbonyl (C=O) groups is 1. The van der Waals surface area contributed by atoms with Crippen molar-refractivity contribution in [3.63, 3.8) is 0 Å². The van der Waals surface area contributed by atoms with E-state index in [4.69, 9.17) is 0 Å². The number of hydrogen-bond donors (Lipinski definition) is 0. The summed E-state index contributed by atoms with van der Waals surface area (Å²) >= 11 is 0. The van der Waals surface area contributed by atoms with E-state index < -0.39 is 0 Å². The Morgan fingerprint density at radius 3 is 1.94 bits per heavy atom. The summed E-state index contributed by atoms with van der Waals surface area (Å²) in [5, 5.41) is 0. The normalized spacial score (nSPS) is 10.4. The van der Waals surface area contributed by atoms with Gasteiger partial charge in [-0.15, -0.1) is 0 Å². The second-order valence-corrected chi connectivity index (χ2v) is 4.95. The first-order valence-corrected chi connectivity index (χ1v) is 6.21. The van der Waals surface area contributed by atoms with Gasteiger partial charge in [0.05, 0.1) is 0 Å². The van der Waals surface area contributed by atoms with Crippen molar-refractivity contribution in [3.05, 3.63) is 59.2 Å². The van der Waals surface area contributed by atoms with E-state index in [2.05, 4.69) is 44.2 Å². The third-order valence-electron chi connectivity index (χ3n) is 2.96. The standard InChI is InChI=1S/C17H18O/c1-12-8-13(2)10-17(9-12)16-6-4-15(5-7-16)11-14(3)18/h4-10H,11H2,1-3H3. The molecule has 0 aliphatic carbocycles. The lowest BCUT2D eigenvalue weighted by Gasteiger charge is -2.06. The van der Waals surface area contributed by atoms with Crippen molar-refractivity contribution in [2.45, 2.75) is 27.2 Å². The summed E-state index contributed by atoms with van der Waals surface area (Å²) in [4.78, 5) is 11.1. The summed E-state index contributed by atoms with van der Waals surface area (Å²) in [6, 6.07) is 14.8. The van der Waals surface area contributed by atoms with Crippen LogP contribution in [0.4, 0.5) is 0 Å². The lowest BCUT2D eigenvalue weighted by molar-refractivity contribution is -0.116. The van der Waals surface area contributed by atoms with Crippen molar-refractivity contribution in [1.29, 1.82) is 0 Å². The molecule has 0 radical (unpaired) electrons. The van der Waals surface area contributed by atoms with E-state index in [1.165, 1.54) is 22.3 Å². The number of hydrogen-bond acceptors (Lipinski definition) is 1. The minimum Gasteiger partial charge on any atom is -0.300 e. The number of rotatable bonds is 3. The van der Waals surface area contributed by atoms with Gasteiger partial charge in [0.2, 0.25) is 0 Å². The van der Waals surface area contributed by atoms with E-state index in [0.29, 0.717) is 6.42 Å². The van der Waals surface area contributed by atoms with E-state index in [-0.39, 0.29) is 5.78 Å². The Bertz CT molecular complexity index is 544. The van der Waals surface area contributed by atoms with E-state index in [1.54, 1.807) is 6.92 Å². The fraction of sp³-hybridized carbons (Fsp3) is 0.235. The molecule has 2 rings (SSSR count). The van der Waals surface area contributed by atoms with Crippen LogP contribution in [0, 0.1) is 13.8 Å². The lowest BCUT2D eigenvalue weighted by atomic mass is 9.99. The van der Waals surface area contributed by atoms with Crippen LogP contribution in [0.15, 0.2) is 42.5 Å². The van der Waals surface area contributed by atoms with Gasteiger partial charge in [0, 0.05) is 6.42 Å². The first-order chi connectivity index (χ1) is 8.54. The summed E-state index contributed by atoms with van der Waals surface area (Å²) in [5.74, 6) is 0.203. The van der Waals surface area contributed by atoms with E-state index >= 15 is 0 Å². The van der Waals surface area contributed by atoms with Crippen LogP contribution in [0.3, 0.4) is 0 Å². The minimum absolute atomic E-state index is 0.203. The molecule has 0 unspecified atom stereocenters. The average molecular weight is 238 g/mol. The molecule has 0 atom stereocenters. The molecule has 0 saturated carbocycles. The average Bonchev–Trinajstić information content (AvgIpc) is 2.27. The highest BCUT2D eigenvalue weighted by molar-refractivity contribution is 5.78. The molecule has 0 N–H and O–H groups in total. The Balaban J connectivity index is 2.31. The monoisotopic (exact) mass is 238 g/mol. The van der Waals surface area contributed by atoms with Gasteiger partial charge in [0.1, 0.15) is 5.78 Å². The molecule has 0 heterocycles. The second-order valence-electron chi connectivity index (χ2n) is 4.95. The molecule has 0 aliphatic heterocycles. The van der Waals surface area contributed by atoms with Crippen LogP contribution < -0.4 is 0 Å². The summed E-state index contributed by atoms with van der Waals surface area (Å²) < 4.78 is 0. The third-order valence-corrected chi connectivity index (χ3v) is 2.96. The van der Waals surface area contributed by atoms with Crippen LogP contribution in [0.25, 0.3) is 11.1 Å². The van der Waals surface area contributed by atoms with Crippen molar-refractivity contribution >= 4 is 5.78 Å². The van der Waals surface area contributed by atoms with E-state index in [9.17, 15) is 4.79 Å². The van der Waals surface area contributed by atoms with E-state index in [1.807, 2.05) is 12.1 Å². The van der Waals surface area contributed by atoms with Gasteiger partial charge in [0.25, 0.3) is 0 Å². The van der Waals surface area contributed by atoms with Gasteiger partial charge in [-0.05, 0) is 37.5 Å². The molecule has 2 aromatic rings. The predicted octanol–water partition coefficient (Wildman–Crippen LogP) is 4.10. The molecular weight excluding hydrogens is 220 g/mol. The van der Waals surface area contributed by atoms with Crippen LogP contribution >= 0.6 is 0 Å². The van der Waals surface area contributed by atoms with Gasteiger partial charge < -0.3 is 0 Å². The van der Waals surface area contributed by atoms with Crippen molar-refractivity contribution < 1.29 is 4.79 Å². The number of benzene rings is 2. The number of Topliss-reactive ketones (excluding diaryl/α,β-unsaturated/α-hetero) is 1. The number of carbonyl (C=O) groups excluding carboxylic acids is 1. The summed E-state index contributed by atoms with van der Waals surface area (Å²) in [6.45, 7) is 5.85. The van der Waals surface area contributed by atoms with Gasteiger partial charge in [-0.3, -0.25) is 4.79 Å².